The Kier molecular flexibility index (Phi) is 4.39. The summed E-state index contributed by atoms with van der Waals surface area (Å²) in [6.45, 7) is 3.16. The van der Waals surface area contributed by atoms with E-state index in [1.54, 1.807) is 0 Å². The van der Waals surface area contributed by atoms with Gasteiger partial charge < -0.3 is 15.0 Å². The Morgan fingerprint density at radius 2 is 1.83 bits per heavy atom. The highest BCUT2D eigenvalue weighted by Crippen LogP contribution is 2.37. The molecule has 4 nitrogen and oxygen atoms in total. The van der Waals surface area contributed by atoms with Crippen LogP contribution in [0.1, 0.15) is 17.0 Å². The second kappa shape index (κ2) is 6.67. The number of anilines is 1. The van der Waals surface area contributed by atoms with Gasteiger partial charge in [0.2, 0.25) is 0 Å². The number of hydrogen-bond acceptors (Lipinski definition) is 2. The molecule has 0 saturated carbocycles. The van der Waals surface area contributed by atoms with Crippen molar-refractivity contribution in [2.45, 2.75) is 12.0 Å². The van der Waals surface area contributed by atoms with Gasteiger partial charge in [-0.25, -0.2) is 0 Å². The summed E-state index contributed by atoms with van der Waals surface area (Å²) in [6, 6.07) is 16.3. The SMILES string of the molecule is O=C1Nc2ccc(Br)cc2[C@@H](c2ccccc2)[C@@H]1[NH+]1CCOCC1. The molecule has 2 N–H and O–H groups in total. The Morgan fingerprint density at radius 1 is 1.08 bits per heavy atom. The van der Waals surface area contributed by atoms with Crippen LogP contribution in [-0.4, -0.2) is 38.3 Å². The number of fused-ring (bicyclic) bond motifs is 1. The van der Waals surface area contributed by atoms with Gasteiger partial charge in [0.15, 0.2) is 6.04 Å². The van der Waals surface area contributed by atoms with Crippen LogP contribution in [-0.2, 0) is 9.53 Å². The molecule has 0 radical (unpaired) electrons. The second-order valence-electron chi connectivity index (χ2n) is 6.36. The van der Waals surface area contributed by atoms with Crippen molar-refractivity contribution in [1.29, 1.82) is 0 Å². The monoisotopic (exact) mass is 387 g/mol. The molecule has 24 heavy (non-hydrogen) atoms. The van der Waals surface area contributed by atoms with E-state index in [0.29, 0.717) is 13.2 Å². The van der Waals surface area contributed by atoms with Crippen molar-refractivity contribution in [3.63, 3.8) is 0 Å². The highest BCUT2D eigenvalue weighted by molar-refractivity contribution is 9.10. The number of quaternary nitrogens is 1. The molecule has 0 bridgehead atoms. The van der Waals surface area contributed by atoms with E-state index in [0.717, 1.165) is 23.2 Å². The zero-order chi connectivity index (χ0) is 16.5. The van der Waals surface area contributed by atoms with Gasteiger partial charge >= 0.3 is 0 Å². The maximum Gasteiger partial charge on any atom is 0.283 e. The third-order valence-electron chi connectivity index (χ3n) is 4.96. The zero-order valence-corrected chi connectivity index (χ0v) is 14.9. The first-order valence-corrected chi connectivity index (χ1v) is 9.11. The Labute approximate surface area is 149 Å². The van der Waals surface area contributed by atoms with E-state index in [1.807, 2.05) is 30.3 Å². The Hall–Kier alpha value is -1.69. The molecule has 0 aromatic heterocycles. The van der Waals surface area contributed by atoms with Crippen LogP contribution in [0.15, 0.2) is 53.0 Å². The minimum Gasteiger partial charge on any atom is -0.370 e. The third-order valence-corrected chi connectivity index (χ3v) is 5.45. The average Bonchev–Trinajstić information content (AvgIpc) is 2.62. The van der Waals surface area contributed by atoms with Crippen molar-refractivity contribution in [2.24, 2.45) is 0 Å². The molecule has 0 unspecified atom stereocenters. The number of halogens is 1. The molecule has 1 amide bonds. The van der Waals surface area contributed by atoms with Crippen molar-refractivity contribution in [3.8, 4) is 0 Å². The first-order valence-electron chi connectivity index (χ1n) is 8.31. The lowest BCUT2D eigenvalue weighted by Crippen LogP contribution is -3.19. The predicted molar refractivity (Wildman–Crippen MR) is 96.4 cm³/mol. The predicted octanol–water partition coefficient (Wildman–Crippen LogP) is 1.82. The fourth-order valence-electron chi connectivity index (χ4n) is 3.84. The lowest BCUT2D eigenvalue weighted by Gasteiger charge is -2.39. The molecular weight excluding hydrogens is 368 g/mol. The number of amides is 1. The first kappa shape index (κ1) is 15.8. The van der Waals surface area contributed by atoms with Gasteiger partial charge in [-0.2, -0.15) is 0 Å². The van der Waals surface area contributed by atoms with E-state index in [-0.39, 0.29) is 17.9 Å². The number of carbonyl (C=O) groups excluding carboxylic acids is 1. The van der Waals surface area contributed by atoms with Gasteiger partial charge in [-0.1, -0.05) is 46.3 Å². The summed E-state index contributed by atoms with van der Waals surface area (Å²) in [6.07, 6.45) is 0. The molecule has 2 aromatic carbocycles. The third kappa shape index (κ3) is 2.88. The van der Waals surface area contributed by atoms with Gasteiger partial charge in [-0.15, -0.1) is 0 Å². The number of morpholine rings is 1. The summed E-state index contributed by atoms with van der Waals surface area (Å²) in [5.41, 5.74) is 3.29. The van der Waals surface area contributed by atoms with Crippen LogP contribution in [0.4, 0.5) is 5.69 Å². The number of carbonyl (C=O) groups is 1. The quantitative estimate of drug-likeness (QED) is 0.825. The Bertz CT molecular complexity index is 744. The van der Waals surface area contributed by atoms with Crippen LogP contribution in [0.25, 0.3) is 0 Å². The normalized spacial score (nSPS) is 24.3. The molecule has 0 spiro atoms. The van der Waals surface area contributed by atoms with Crippen molar-refractivity contribution in [2.75, 3.05) is 31.6 Å². The lowest BCUT2D eigenvalue weighted by molar-refractivity contribution is -0.924. The van der Waals surface area contributed by atoms with Crippen LogP contribution in [0.2, 0.25) is 0 Å². The molecule has 5 heteroatoms. The van der Waals surface area contributed by atoms with E-state index in [2.05, 4.69) is 39.4 Å². The topological polar surface area (TPSA) is 42.8 Å². The van der Waals surface area contributed by atoms with E-state index in [4.69, 9.17) is 4.74 Å². The van der Waals surface area contributed by atoms with Crippen molar-refractivity contribution < 1.29 is 14.4 Å². The maximum absolute atomic E-state index is 12.9. The van der Waals surface area contributed by atoms with Crippen molar-refractivity contribution in [3.05, 3.63) is 64.1 Å². The minimum absolute atomic E-state index is 0.0561. The van der Waals surface area contributed by atoms with E-state index >= 15 is 0 Å². The largest absolute Gasteiger partial charge is 0.370 e. The van der Waals surface area contributed by atoms with Crippen LogP contribution >= 0.6 is 15.9 Å². The minimum atomic E-state index is -0.127. The van der Waals surface area contributed by atoms with Crippen LogP contribution in [0.5, 0.6) is 0 Å². The Balaban J connectivity index is 1.83. The smallest absolute Gasteiger partial charge is 0.283 e. The lowest BCUT2D eigenvalue weighted by atomic mass is 9.80. The highest BCUT2D eigenvalue weighted by Gasteiger charge is 2.44. The fraction of sp³-hybridized carbons (Fsp3) is 0.316. The first-order chi connectivity index (χ1) is 11.7. The van der Waals surface area contributed by atoms with Crippen LogP contribution < -0.4 is 10.2 Å². The molecule has 1 fully saturated rings. The fourth-order valence-corrected chi connectivity index (χ4v) is 4.22. The summed E-state index contributed by atoms with van der Waals surface area (Å²) >= 11 is 3.58. The standard InChI is InChI=1S/C19H19BrN2O2/c20-14-6-7-16-15(12-14)17(13-4-2-1-3-5-13)18(19(23)21-16)22-8-10-24-11-9-22/h1-7,12,17-18H,8-11H2,(H,21,23)/p+1/t17-,18+/m1/s1. The molecule has 0 aliphatic carbocycles. The number of ether oxygens (including phenoxy) is 1. The summed E-state index contributed by atoms with van der Waals surface area (Å²) in [5.74, 6) is 0.163. The van der Waals surface area contributed by atoms with Gasteiger partial charge in [0, 0.05) is 10.2 Å². The van der Waals surface area contributed by atoms with Crippen LogP contribution in [0, 0.1) is 0 Å². The molecular formula is C19H20BrN2O2+. The second-order valence-corrected chi connectivity index (χ2v) is 7.27. The van der Waals surface area contributed by atoms with Gasteiger partial charge in [0.1, 0.15) is 13.1 Å². The number of benzene rings is 2. The molecule has 4 rings (SSSR count). The summed E-state index contributed by atoms with van der Waals surface area (Å²) in [5, 5.41) is 3.11. The summed E-state index contributed by atoms with van der Waals surface area (Å²) in [7, 11) is 0. The van der Waals surface area contributed by atoms with Crippen molar-refractivity contribution >= 4 is 27.5 Å². The molecule has 124 valence electrons. The van der Waals surface area contributed by atoms with E-state index < -0.39 is 0 Å². The van der Waals surface area contributed by atoms with E-state index in [9.17, 15) is 4.79 Å². The average molecular weight is 388 g/mol. The summed E-state index contributed by atoms with van der Waals surface area (Å²) < 4.78 is 6.53. The van der Waals surface area contributed by atoms with Gasteiger partial charge in [0.05, 0.1) is 19.1 Å². The molecule has 2 aromatic rings. The van der Waals surface area contributed by atoms with Crippen LogP contribution in [0.3, 0.4) is 0 Å². The molecule has 2 aliphatic heterocycles. The molecule has 2 atom stereocenters. The van der Waals surface area contributed by atoms with Crippen molar-refractivity contribution in [1.82, 2.24) is 0 Å². The maximum atomic E-state index is 12.9. The summed E-state index contributed by atoms with van der Waals surface area (Å²) in [4.78, 5) is 14.2. The Morgan fingerprint density at radius 3 is 2.58 bits per heavy atom. The number of hydrogen-bond donors (Lipinski definition) is 2. The number of rotatable bonds is 2. The highest BCUT2D eigenvalue weighted by atomic mass is 79.9. The van der Waals surface area contributed by atoms with Gasteiger partial charge in [0.25, 0.3) is 5.91 Å². The molecule has 1 saturated heterocycles. The van der Waals surface area contributed by atoms with Gasteiger partial charge in [-0.3, -0.25) is 4.79 Å². The molecule has 2 aliphatic rings. The van der Waals surface area contributed by atoms with E-state index in [1.165, 1.54) is 16.0 Å². The number of nitrogens with one attached hydrogen (secondary N) is 2. The molecule has 2 heterocycles. The van der Waals surface area contributed by atoms with Gasteiger partial charge in [-0.05, 0) is 29.3 Å². The zero-order valence-electron chi connectivity index (χ0n) is 13.3.